The molecule has 3 aromatic rings. The van der Waals surface area contributed by atoms with Crippen LogP contribution in [0, 0.1) is 0 Å². The third-order valence-corrected chi connectivity index (χ3v) is 5.40. The quantitative estimate of drug-likeness (QED) is 0.505. The van der Waals surface area contributed by atoms with Gasteiger partial charge in [-0.2, -0.15) is 0 Å². The summed E-state index contributed by atoms with van der Waals surface area (Å²) in [5.74, 6) is 0. The lowest BCUT2D eigenvalue weighted by Gasteiger charge is -2.17. The first-order valence-electron chi connectivity index (χ1n) is 8.27. The van der Waals surface area contributed by atoms with Crippen molar-refractivity contribution in [2.75, 3.05) is 18.0 Å². The highest BCUT2D eigenvalue weighted by Crippen LogP contribution is 2.43. The van der Waals surface area contributed by atoms with Gasteiger partial charge in [-0.25, -0.2) is 0 Å². The molecule has 1 aliphatic carbocycles. The molecule has 0 atom stereocenters. The summed E-state index contributed by atoms with van der Waals surface area (Å²) >= 11 is 0. The van der Waals surface area contributed by atoms with Crippen LogP contribution < -0.4 is 4.90 Å². The largest absolute Gasteiger partial charge is 0.372 e. The molecule has 0 amide bonds. The number of aryl methyl sites for hydroxylation is 1. The second-order valence-electron chi connectivity index (χ2n) is 6.62. The average molecular weight is 288 g/mol. The van der Waals surface area contributed by atoms with Crippen LogP contribution in [0.5, 0.6) is 0 Å². The van der Waals surface area contributed by atoms with Crippen LogP contribution in [0.15, 0.2) is 42.5 Å². The average Bonchev–Trinajstić information content (AvgIpc) is 3.25. The Morgan fingerprint density at radius 3 is 2.64 bits per heavy atom. The predicted molar refractivity (Wildman–Crippen MR) is 92.6 cm³/mol. The predicted octanol–water partition coefficient (Wildman–Crippen LogP) is 4.35. The molecule has 5 rings (SSSR count). The van der Waals surface area contributed by atoms with Crippen molar-refractivity contribution >= 4 is 16.6 Å². The van der Waals surface area contributed by atoms with Gasteiger partial charge in [-0.15, -0.1) is 0 Å². The first-order chi connectivity index (χ1) is 10.8. The van der Waals surface area contributed by atoms with Gasteiger partial charge in [0.1, 0.15) is 0 Å². The number of aromatic nitrogens is 1. The van der Waals surface area contributed by atoms with Gasteiger partial charge >= 0.3 is 0 Å². The van der Waals surface area contributed by atoms with E-state index in [0.29, 0.717) is 0 Å². The van der Waals surface area contributed by atoms with Crippen molar-refractivity contribution in [1.29, 1.82) is 0 Å². The van der Waals surface area contributed by atoms with Crippen LogP contribution in [0.2, 0.25) is 0 Å². The third-order valence-electron chi connectivity index (χ3n) is 5.40. The Hall–Kier alpha value is -2.22. The van der Waals surface area contributed by atoms with Crippen LogP contribution >= 0.6 is 0 Å². The molecule has 1 aliphatic heterocycles. The topological polar surface area (TPSA) is 8.17 Å². The van der Waals surface area contributed by atoms with Crippen LogP contribution in [-0.2, 0) is 13.5 Å². The minimum atomic E-state index is 1.08. The van der Waals surface area contributed by atoms with Crippen LogP contribution in [0.1, 0.15) is 24.0 Å². The molecule has 0 spiro atoms. The number of fused-ring (bicyclic) bond motifs is 5. The highest BCUT2D eigenvalue weighted by Gasteiger charge is 2.25. The zero-order valence-electron chi connectivity index (χ0n) is 13.0. The van der Waals surface area contributed by atoms with Crippen molar-refractivity contribution in [2.24, 2.45) is 7.05 Å². The number of benzene rings is 2. The molecule has 0 saturated carbocycles. The molecule has 2 heteroatoms. The molecule has 0 radical (unpaired) electrons. The Morgan fingerprint density at radius 1 is 0.955 bits per heavy atom. The first kappa shape index (κ1) is 12.3. The summed E-state index contributed by atoms with van der Waals surface area (Å²) in [6.07, 6.45) is 3.74. The maximum Gasteiger partial charge on any atom is 0.0527 e. The normalized spacial score (nSPS) is 16.3. The van der Waals surface area contributed by atoms with Gasteiger partial charge in [-0.05, 0) is 42.2 Å². The van der Waals surface area contributed by atoms with Crippen LogP contribution in [-0.4, -0.2) is 17.7 Å². The number of hydrogen-bond acceptors (Lipinski definition) is 1. The Bertz CT molecular complexity index is 882. The van der Waals surface area contributed by atoms with E-state index in [0.717, 1.165) is 6.42 Å². The van der Waals surface area contributed by atoms with E-state index in [1.54, 1.807) is 0 Å². The fraction of sp³-hybridized carbons (Fsp3) is 0.300. The maximum absolute atomic E-state index is 2.53. The van der Waals surface area contributed by atoms with Gasteiger partial charge in [0, 0.05) is 48.7 Å². The first-order valence-corrected chi connectivity index (χ1v) is 8.27. The second-order valence-corrected chi connectivity index (χ2v) is 6.62. The fourth-order valence-corrected chi connectivity index (χ4v) is 4.30. The van der Waals surface area contributed by atoms with E-state index in [1.165, 1.54) is 64.9 Å². The molecule has 2 nitrogen and oxygen atoms in total. The van der Waals surface area contributed by atoms with Crippen molar-refractivity contribution in [3.05, 3.63) is 53.6 Å². The van der Waals surface area contributed by atoms with E-state index in [4.69, 9.17) is 0 Å². The molecular formula is C20H20N2. The lowest BCUT2D eigenvalue weighted by molar-refractivity contribution is 0.949. The number of rotatable bonds is 1. The van der Waals surface area contributed by atoms with E-state index in [2.05, 4.69) is 59.0 Å². The molecule has 0 bridgehead atoms. The zero-order valence-corrected chi connectivity index (χ0v) is 13.0. The summed E-state index contributed by atoms with van der Waals surface area (Å²) in [6, 6.07) is 15.9. The minimum Gasteiger partial charge on any atom is -0.372 e. The monoisotopic (exact) mass is 288 g/mol. The number of anilines is 1. The van der Waals surface area contributed by atoms with E-state index >= 15 is 0 Å². The van der Waals surface area contributed by atoms with Crippen molar-refractivity contribution in [1.82, 2.24) is 4.57 Å². The lowest BCUT2D eigenvalue weighted by Crippen LogP contribution is -2.17. The van der Waals surface area contributed by atoms with Gasteiger partial charge in [0.2, 0.25) is 0 Å². The van der Waals surface area contributed by atoms with E-state index in [1.807, 2.05) is 0 Å². The van der Waals surface area contributed by atoms with Crippen molar-refractivity contribution in [3.8, 4) is 11.3 Å². The van der Waals surface area contributed by atoms with Gasteiger partial charge in [-0.3, -0.25) is 0 Å². The molecule has 1 fully saturated rings. The molecule has 1 aromatic heterocycles. The van der Waals surface area contributed by atoms with Gasteiger partial charge in [0.25, 0.3) is 0 Å². The third kappa shape index (κ3) is 1.55. The molecule has 0 unspecified atom stereocenters. The highest BCUT2D eigenvalue weighted by atomic mass is 15.1. The molecule has 110 valence electrons. The van der Waals surface area contributed by atoms with Gasteiger partial charge in [-0.1, -0.05) is 24.3 Å². The summed E-state index contributed by atoms with van der Waals surface area (Å²) in [6.45, 7) is 2.42. The fourth-order valence-electron chi connectivity index (χ4n) is 4.30. The summed E-state index contributed by atoms with van der Waals surface area (Å²) < 4.78 is 2.38. The molecule has 2 aromatic carbocycles. The van der Waals surface area contributed by atoms with Crippen LogP contribution in [0.3, 0.4) is 0 Å². The standard InChI is InChI=1S/C20H20N2/c1-21-19-9-8-15(22-10-4-5-11-22)13-17(19)18-12-14-6-2-3-7-16(14)20(18)21/h2-3,6-9,13H,4-5,10-12H2,1H3. The number of nitrogens with zero attached hydrogens (tertiary/aromatic N) is 2. The minimum absolute atomic E-state index is 1.08. The maximum atomic E-state index is 2.53. The Balaban J connectivity index is 1.74. The van der Waals surface area contributed by atoms with Crippen LogP contribution in [0.4, 0.5) is 5.69 Å². The SMILES string of the molecule is Cn1c2c(c3cc(N4CCCC4)ccc31)Cc1ccccc1-2. The molecule has 2 heterocycles. The molecule has 0 N–H and O–H groups in total. The Kier molecular flexibility index (Phi) is 2.46. The zero-order chi connectivity index (χ0) is 14.7. The molecule has 22 heavy (non-hydrogen) atoms. The number of hydrogen-bond donors (Lipinski definition) is 0. The Morgan fingerprint density at radius 2 is 1.77 bits per heavy atom. The summed E-state index contributed by atoms with van der Waals surface area (Å²) in [5.41, 5.74) is 8.58. The summed E-state index contributed by atoms with van der Waals surface area (Å²) in [5, 5.41) is 1.44. The molecular weight excluding hydrogens is 268 g/mol. The van der Waals surface area contributed by atoms with E-state index in [9.17, 15) is 0 Å². The second kappa shape index (κ2) is 4.39. The van der Waals surface area contributed by atoms with Gasteiger partial charge < -0.3 is 9.47 Å². The van der Waals surface area contributed by atoms with Crippen molar-refractivity contribution in [2.45, 2.75) is 19.3 Å². The van der Waals surface area contributed by atoms with Crippen molar-refractivity contribution < 1.29 is 0 Å². The molecule has 1 saturated heterocycles. The Labute approximate surface area is 131 Å². The van der Waals surface area contributed by atoms with E-state index < -0.39 is 0 Å². The lowest BCUT2D eigenvalue weighted by atomic mass is 10.1. The molecule has 2 aliphatic rings. The van der Waals surface area contributed by atoms with Crippen molar-refractivity contribution in [3.63, 3.8) is 0 Å². The van der Waals surface area contributed by atoms with Gasteiger partial charge in [0.15, 0.2) is 0 Å². The van der Waals surface area contributed by atoms with Crippen LogP contribution in [0.25, 0.3) is 22.2 Å². The van der Waals surface area contributed by atoms with Gasteiger partial charge in [0.05, 0.1) is 5.69 Å². The summed E-state index contributed by atoms with van der Waals surface area (Å²) in [4.78, 5) is 2.53. The van der Waals surface area contributed by atoms with E-state index in [-0.39, 0.29) is 0 Å². The smallest absolute Gasteiger partial charge is 0.0527 e. The summed E-state index contributed by atoms with van der Waals surface area (Å²) in [7, 11) is 2.21. The highest BCUT2D eigenvalue weighted by molar-refractivity contribution is 5.97.